The quantitative estimate of drug-likeness (QED) is 0.893. The third-order valence-corrected chi connectivity index (χ3v) is 4.25. The first-order valence-electron chi connectivity index (χ1n) is 7.11. The van der Waals surface area contributed by atoms with Gasteiger partial charge in [0.2, 0.25) is 0 Å². The Morgan fingerprint density at radius 1 is 1.45 bits per heavy atom. The van der Waals surface area contributed by atoms with Gasteiger partial charge in [-0.2, -0.15) is 5.10 Å². The maximum absolute atomic E-state index is 10.9. The Labute approximate surface area is 119 Å². The van der Waals surface area contributed by atoms with Gasteiger partial charge in [0.05, 0.1) is 6.20 Å². The molecule has 2 aromatic rings. The van der Waals surface area contributed by atoms with Crippen LogP contribution >= 0.6 is 0 Å². The number of aromatic nitrogens is 2. The van der Waals surface area contributed by atoms with Crippen molar-refractivity contribution < 1.29 is 5.11 Å². The van der Waals surface area contributed by atoms with Gasteiger partial charge < -0.3 is 10.4 Å². The lowest BCUT2D eigenvalue weighted by molar-refractivity contribution is 0.0363. The molecule has 0 bridgehead atoms. The number of nitrogens with one attached hydrogen (secondary N) is 1. The summed E-state index contributed by atoms with van der Waals surface area (Å²) in [5.41, 5.74) is 2.74. The third-order valence-electron chi connectivity index (χ3n) is 4.25. The molecule has 1 aromatic carbocycles. The number of hydrogen-bond acceptors (Lipinski definition) is 3. The van der Waals surface area contributed by atoms with Crippen molar-refractivity contribution in [2.24, 2.45) is 7.05 Å². The summed E-state index contributed by atoms with van der Waals surface area (Å²) in [7, 11) is 1.91. The zero-order chi connectivity index (χ0) is 14.2. The Balaban J connectivity index is 1.70. The van der Waals surface area contributed by atoms with Crippen molar-refractivity contribution in [3.05, 3.63) is 53.3 Å². The number of rotatable bonds is 4. The van der Waals surface area contributed by atoms with E-state index >= 15 is 0 Å². The lowest BCUT2D eigenvalue weighted by atomic mass is 9.95. The lowest BCUT2D eigenvalue weighted by Crippen LogP contribution is -2.37. The van der Waals surface area contributed by atoms with Crippen LogP contribution in [-0.2, 0) is 19.1 Å². The van der Waals surface area contributed by atoms with Crippen LogP contribution in [-0.4, -0.2) is 21.4 Å². The monoisotopic (exact) mass is 271 g/mol. The minimum Gasteiger partial charge on any atom is -0.384 e. The van der Waals surface area contributed by atoms with Gasteiger partial charge in [-0.15, -0.1) is 0 Å². The molecule has 1 aliphatic carbocycles. The second-order valence-electron chi connectivity index (χ2n) is 5.74. The molecule has 0 amide bonds. The van der Waals surface area contributed by atoms with Gasteiger partial charge in [0, 0.05) is 31.4 Å². The summed E-state index contributed by atoms with van der Waals surface area (Å²) >= 11 is 0. The van der Waals surface area contributed by atoms with Gasteiger partial charge in [-0.1, -0.05) is 24.3 Å². The molecule has 3 rings (SSSR count). The van der Waals surface area contributed by atoms with Crippen LogP contribution in [0.2, 0.25) is 0 Å². The predicted octanol–water partition coefficient (Wildman–Crippen LogP) is 1.90. The highest BCUT2D eigenvalue weighted by Crippen LogP contribution is 2.36. The second kappa shape index (κ2) is 5.04. The van der Waals surface area contributed by atoms with Crippen LogP contribution in [0.4, 0.5) is 0 Å². The average Bonchev–Trinajstić information content (AvgIpc) is 3.02. The SMILES string of the molecule is CC(NCC1(O)CCc2ccccc21)c1cnn(C)c1. The molecule has 4 heteroatoms. The van der Waals surface area contributed by atoms with E-state index in [4.69, 9.17) is 0 Å². The first-order chi connectivity index (χ1) is 9.58. The zero-order valence-electron chi connectivity index (χ0n) is 12.0. The number of nitrogens with zero attached hydrogens (tertiary/aromatic N) is 2. The molecular formula is C16H21N3O. The van der Waals surface area contributed by atoms with Crippen molar-refractivity contribution in [1.29, 1.82) is 0 Å². The van der Waals surface area contributed by atoms with E-state index in [0.717, 1.165) is 24.0 Å². The van der Waals surface area contributed by atoms with Gasteiger partial charge in [-0.3, -0.25) is 4.68 Å². The molecule has 0 radical (unpaired) electrons. The molecule has 2 atom stereocenters. The van der Waals surface area contributed by atoms with Gasteiger partial charge in [0.15, 0.2) is 0 Å². The van der Waals surface area contributed by atoms with Crippen LogP contribution in [0.5, 0.6) is 0 Å². The van der Waals surface area contributed by atoms with Crippen LogP contribution in [0.1, 0.15) is 36.1 Å². The summed E-state index contributed by atoms with van der Waals surface area (Å²) in [6, 6.07) is 8.37. The normalized spacial score (nSPS) is 22.8. The van der Waals surface area contributed by atoms with Crippen molar-refractivity contribution in [3.63, 3.8) is 0 Å². The number of fused-ring (bicyclic) bond motifs is 1. The van der Waals surface area contributed by atoms with Crippen LogP contribution < -0.4 is 5.32 Å². The molecule has 1 heterocycles. The van der Waals surface area contributed by atoms with Crippen LogP contribution in [0, 0.1) is 0 Å². The Hall–Kier alpha value is -1.65. The number of benzene rings is 1. The molecule has 0 spiro atoms. The molecule has 20 heavy (non-hydrogen) atoms. The van der Waals surface area contributed by atoms with E-state index in [2.05, 4.69) is 23.4 Å². The second-order valence-corrected chi connectivity index (χ2v) is 5.74. The van der Waals surface area contributed by atoms with Crippen molar-refractivity contribution in [3.8, 4) is 0 Å². The fourth-order valence-corrected chi connectivity index (χ4v) is 2.96. The molecular weight excluding hydrogens is 250 g/mol. The predicted molar refractivity (Wildman–Crippen MR) is 78.3 cm³/mol. The molecule has 2 N–H and O–H groups in total. The maximum atomic E-state index is 10.9. The fourth-order valence-electron chi connectivity index (χ4n) is 2.96. The Bertz CT molecular complexity index is 607. The summed E-state index contributed by atoms with van der Waals surface area (Å²) in [6.45, 7) is 2.67. The summed E-state index contributed by atoms with van der Waals surface area (Å²) in [4.78, 5) is 0. The van der Waals surface area contributed by atoms with Gasteiger partial charge >= 0.3 is 0 Å². The first-order valence-corrected chi connectivity index (χ1v) is 7.11. The van der Waals surface area contributed by atoms with Crippen molar-refractivity contribution >= 4 is 0 Å². The Morgan fingerprint density at radius 3 is 3.00 bits per heavy atom. The minimum atomic E-state index is -0.743. The standard InChI is InChI=1S/C16H21N3O/c1-12(14-9-18-19(2)10-14)17-11-16(20)8-7-13-5-3-4-6-15(13)16/h3-6,9-10,12,17,20H,7-8,11H2,1-2H3. The number of hydrogen-bond donors (Lipinski definition) is 2. The van der Waals surface area contributed by atoms with Crippen molar-refractivity contribution in [2.75, 3.05) is 6.54 Å². The maximum Gasteiger partial charge on any atom is 0.103 e. The Morgan fingerprint density at radius 2 is 2.25 bits per heavy atom. The number of aryl methyl sites for hydroxylation is 2. The number of aliphatic hydroxyl groups is 1. The van der Waals surface area contributed by atoms with E-state index in [0.29, 0.717) is 6.54 Å². The van der Waals surface area contributed by atoms with E-state index in [1.54, 1.807) is 4.68 Å². The van der Waals surface area contributed by atoms with E-state index < -0.39 is 5.60 Å². The molecule has 0 aliphatic heterocycles. The Kier molecular flexibility index (Phi) is 3.36. The molecule has 1 aromatic heterocycles. The molecule has 4 nitrogen and oxygen atoms in total. The van der Waals surface area contributed by atoms with Crippen LogP contribution in [0.3, 0.4) is 0 Å². The largest absolute Gasteiger partial charge is 0.384 e. The summed E-state index contributed by atoms with van der Waals surface area (Å²) in [5, 5.41) is 18.5. The highest BCUT2D eigenvalue weighted by atomic mass is 16.3. The van der Waals surface area contributed by atoms with E-state index in [1.165, 1.54) is 5.56 Å². The van der Waals surface area contributed by atoms with Crippen LogP contribution in [0.25, 0.3) is 0 Å². The molecule has 2 unspecified atom stereocenters. The lowest BCUT2D eigenvalue weighted by Gasteiger charge is -2.26. The van der Waals surface area contributed by atoms with Gasteiger partial charge in [0.25, 0.3) is 0 Å². The van der Waals surface area contributed by atoms with Gasteiger partial charge in [0.1, 0.15) is 5.60 Å². The molecule has 106 valence electrons. The topological polar surface area (TPSA) is 50.1 Å². The molecule has 0 fully saturated rings. The minimum absolute atomic E-state index is 0.181. The van der Waals surface area contributed by atoms with E-state index in [-0.39, 0.29) is 6.04 Å². The first kappa shape index (κ1) is 13.3. The highest BCUT2D eigenvalue weighted by Gasteiger charge is 2.36. The average molecular weight is 271 g/mol. The van der Waals surface area contributed by atoms with Crippen LogP contribution in [0.15, 0.2) is 36.7 Å². The van der Waals surface area contributed by atoms with E-state index in [9.17, 15) is 5.11 Å². The summed E-state index contributed by atoms with van der Waals surface area (Å²) in [6.07, 6.45) is 5.61. The van der Waals surface area contributed by atoms with Crippen molar-refractivity contribution in [1.82, 2.24) is 15.1 Å². The smallest absolute Gasteiger partial charge is 0.103 e. The van der Waals surface area contributed by atoms with Crippen molar-refractivity contribution in [2.45, 2.75) is 31.4 Å². The molecule has 0 saturated carbocycles. The zero-order valence-corrected chi connectivity index (χ0v) is 12.0. The summed E-state index contributed by atoms with van der Waals surface area (Å²) in [5.74, 6) is 0. The molecule has 0 saturated heterocycles. The third kappa shape index (κ3) is 2.37. The van der Waals surface area contributed by atoms with Gasteiger partial charge in [-0.05, 0) is 30.9 Å². The van der Waals surface area contributed by atoms with E-state index in [1.807, 2.05) is 37.6 Å². The molecule has 1 aliphatic rings. The highest BCUT2D eigenvalue weighted by molar-refractivity contribution is 5.37. The summed E-state index contributed by atoms with van der Waals surface area (Å²) < 4.78 is 1.80. The van der Waals surface area contributed by atoms with Gasteiger partial charge in [-0.25, -0.2) is 0 Å². The fraction of sp³-hybridized carbons (Fsp3) is 0.438.